The summed E-state index contributed by atoms with van der Waals surface area (Å²) in [7, 11) is -3.03. The van der Waals surface area contributed by atoms with Crippen molar-refractivity contribution in [3.63, 3.8) is 0 Å². The number of halogens is 2. The fourth-order valence-electron chi connectivity index (χ4n) is 2.29. The topological polar surface area (TPSA) is 154 Å². The van der Waals surface area contributed by atoms with Crippen LogP contribution in [0.4, 0.5) is 10.5 Å². The van der Waals surface area contributed by atoms with Crippen LogP contribution in [0.2, 0.25) is 10.0 Å². The molecule has 10 nitrogen and oxygen atoms in total. The molecule has 4 N–H and O–H groups in total. The van der Waals surface area contributed by atoms with Crippen LogP contribution >= 0.6 is 23.2 Å². The van der Waals surface area contributed by atoms with Crippen LogP contribution in [0, 0.1) is 0 Å². The number of carbonyl (C=O) groups excluding carboxylic acids is 3. The number of rotatable bonds is 7. The summed E-state index contributed by atoms with van der Waals surface area (Å²) in [5.74, 6) is -2.03. The predicted molar refractivity (Wildman–Crippen MR) is 113 cm³/mol. The first kappa shape index (κ1) is 24.3. The number of anilines is 1. The second-order valence-corrected chi connectivity index (χ2v) is 8.49. The van der Waals surface area contributed by atoms with Crippen LogP contribution in [0.3, 0.4) is 0 Å². The smallest absolute Gasteiger partial charge is 0.338 e. The quantitative estimate of drug-likeness (QED) is 0.504. The molecule has 0 fully saturated rings. The van der Waals surface area contributed by atoms with Crippen molar-refractivity contribution in [2.24, 2.45) is 5.73 Å². The van der Waals surface area contributed by atoms with Crippen molar-refractivity contribution in [1.82, 2.24) is 5.32 Å². The molecule has 0 radical (unpaired) electrons. The number of hydrogen-bond donors (Lipinski definition) is 3. The molecule has 0 aliphatic rings. The van der Waals surface area contributed by atoms with Crippen molar-refractivity contribution in [3.8, 4) is 5.75 Å². The Labute approximate surface area is 187 Å². The van der Waals surface area contributed by atoms with Gasteiger partial charge in [0.2, 0.25) is 0 Å². The zero-order chi connectivity index (χ0) is 23.3. The normalized spacial score (nSPS) is 11.9. The molecule has 0 spiro atoms. The number of sulfonamides is 1. The molecule has 2 aromatic carbocycles. The fourth-order valence-corrected chi connectivity index (χ4v) is 3.95. The molecule has 31 heavy (non-hydrogen) atoms. The Kier molecular flexibility index (Phi) is 7.71. The Balaban J connectivity index is 2.35. The van der Waals surface area contributed by atoms with Crippen molar-refractivity contribution in [2.45, 2.75) is 17.9 Å². The van der Waals surface area contributed by atoms with Gasteiger partial charge in [0.05, 0.1) is 23.4 Å². The molecule has 3 amide bonds. The van der Waals surface area contributed by atoms with Gasteiger partial charge in [0.1, 0.15) is 10.6 Å². The van der Waals surface area contributed by atoms with E-state index in [2.05, 4.69) is 4.72 Å². The maximum atomic E-state index is 12.9. The molecule has 0 aliphatic heterocycles. The van der Waals surface area contributed by atoms with E-state index in [4.69, 9.17) is 38.4 Å². The van der Waals surface area contributed by atoms with Crippen LogP contribution in [0.15, 0.2) is 41.3 Å². The molecule has 1 atom stereocenters. The first-order chi connectivity index (χ1) is 14.4. The average Bonchev–Trinajstić information content (AvgIpc) is 2.69. The number of carbonyl (C=O) groups is 3. The highest BCUT2D eigenvalue weighted by atomic mass is 35.5. The third-order valence-electron chi connectivity index (χ3n) is 3.76. The monoisotopic (exact) mass is 489 g/mol. The Morgan fingerprint density at radius 3 is 2.39 bits per heavy atom. The van der Waals surface area contributed by atoms with E-state index >= 15 is 0 Å². The molecule has 0 saturated heterocycles. The number of methoxy groups -OCH3 is 1. The highest BCUT2D eigenvalue weighted by molar-refractivity contribution is 7.92. The molecule has 0 aromatic heterocycles. The predicted octanol–water partition coefficient (Wildman–Crippen LogP) is 2.54. The minimum absolute atomic E-state index is 0.0148. The summed E-state index contributed by atoms with van der Waals surface area (Å²) in [6.07, 6.45) is -1.37. The molecule has 0 heterocycles. The maximum Gasteiger partial charge on any atom is 0.338 e. The van der Waals surface area contributed by atoms with Gasteiger partial charge >= 0.3 is 12.0 Å². The van der Waals surface area contributed by atoms with E-state index in [-0.39, 0.29) is 27.0 Å². The van der Waals surface area contributed by atoms with Crippen LogP contribution in [-0.2, 0) is 19.6 Å². The molecule has 0 saturated carbocycles. The Bertz CT molecular complexity index is 1140. The summed E-state index contributed by atoms with van der Waals surface area (Å²) in [5, 5.41) is 2.10. The molecule has 2 aromatic rings. The van der Waals surface area contributed by atoms with Gasteiger partial charge in [-0.25, -0.2) is 18.0 Å². The van der Waals surface area contributed by atoms with Crippen LogP contribution < -0.4 is 20.5 Å². The number of amides is 3. The van der Waals surface area contributed by atoms with E-state index in [0.29, 0.717) is 0 Å². The number of ether oxygens (including phenoxy) is 2. The molecule has 13 heteroatoms. The van der Waals surface area contributed by atoms with Crippen molar-refractivity contribution in [2.75, 3.05) is 11.8 Å². The maximum absolute atomic E-state index is 12.9. The second-order valence-electron chi connectivity index (χ2n) is 6.00. The number of esters is 1. The number of benzene rings is 2. The Morgan fingerprint density at radius 1 is 1.10 bits per heavy atom. The van der Waals surface area contributed by atoms with Gasteiger partial charge < -0.3 is 15.2 Å². The SMILES string of the molecule is COc1ccc(C(=O)O[C@@H](C)C(=O)NC(N)=O)cc1S(=O)(=O)Nc1cc(Cl)ccc1Cl. The van der Waals surface area contributed by atoms with Gasteiger partial charge in [0.25, 0.3) is 15.9 Å². The highest BCUT2D eigenvalue weighted by Gasteiger charge is 2.25. The van der Waals surface area contributed by atoms with Gasteiger partial charge in [-0.15, -0.1) is 0 Å². The van der Waals surface area contributed by atoms with Crippen molar-refractivity contribution in [1.29, 1.82) is 0 Å². The molecule has 0 unspecified atom stereocenters. The van der Waals surface area contributed by atoms with Gasteiger partial charge in [-0.2, -0.15) is 0 Å². The molecule has 166 valence electrons. The van der Waals surface area contributed by atoms with Crippen molar-refractivity contribution < 1.29 is 32.3 Å². The van der Waals surface area contributed by atoms with Crippen LogP contribution in [-0.4, -0.2) is 39.5 Å². The second kappa shape index (κ2) is 9.86. The third kappa shape index (κ3) is 6.23. The van der Waals surface area contributed by atoms with E-state index in [1.807, 2.05) is 0 Å². The van der Waals surface area contributed by atoms with Gasteiger partial charge in [0.15, 0.2) is 6.10 Å². The fraction of sp³-hybridized carbons (Fsp3) is 0.167. The summed E-state index contributed by atoms with van der Waals surface area (Å²) >= 11 is 11.9. The van der Waals surface area contributed by atoms with E-state index < -0.39 is 38.9 Å². The number of imide groups is 1. The van der Waals surface area contributed by atoms with Crippen LogP contribution in [0.1, 0.15) is 17.3 Å². The van der Waals surface area contributed by atoms with Gasteiger partial charge in [-0.3, -0.25) is 14.8 Å². The lowest BCUT2D eigenvalue weighted by Gasteiger charge is -2.15. The van der Waals surface area contributed by atoms with E-state index in [9.17, 15) is 22.8 Å². The lowest BCUT2D eigenvalue weighted by molar-refractivity contribution is -0.127. The van der Waals surface area contributed by atoms with Gasteiger partial charge in [-0.05, 0) is 43.3 Å². The van der Waals surface area contributed by atoms with Gasteiger partial charge in [-0.1, -0.05) is 23.2 Å². The first-order valence-corrected chi connectivity index (χ1v) is 10.7. The summed E-state index contributed by atoms with van der Waals surface area (Å²) in [5.41, 5.74) is 4.66. The Morgan fingerprint density at radius 2 is 1.77 bits per heavy atom. The zero-order valence-electron chi connectivity index (χ0n) is 16.1. The minimum atomic E-state index is -4.28. The Hall–Kier alpha value is -3.02. The number of urea groups is 1. The average molecular weight is 490 g/mol. The summed E-state index contributed by atoms with van der Waals surface area (Å²) in [6, 6.07) is 6.56. The van der Waals surface area contributed by atoms with Crippen molar-refractivity contribution in [3.05, 3.63) is 52.0 Å². The summed E-state index contributed by atoms with van der Waals surface area (Å²) < 4.78 is 38.1. The highest BCUT2D eigenvalue weighted by Crippen LogP contribution is 2.31. The molecule has 0 aliphatic carbocycles. The molecular weight excluding hydrogens is 473 g/mol. The van der Waals surface area contributed by atoms with Crippen LogP contribution in [0.5, 0.6) is 5.75 Å². The number of primary amides is 1. The van der Waals surface area contributed by atoms with Crippen LogP contribution in [0.25, 0.3) is 0 Å². The number of nitrogens with one attached hydrogen (secondary N) is 2. The van der Waals surface area contributed by atoms with Crippen molar-refractivity contribution >= 4 is 56.8 Å². The van der Waals surface area contributed by atoms with E-state index in [0.717, 1.165) is 6.07 Å². The first-order valence-electron chi connectivity index (χ1n) is 8.41. The van der Waals surface area contributed by atoms with E-state index in [1.54, 1.807) is 5.32 Å². The minimum Gasteiger partial charge on any atom is -0.495 e. The number of hydrogen-bond acceptors (Lipinski definition) is 7. The summed E-state index contributed by atoms with van der Waals surface area (Å²) in [4.78, 5) is 34.4. The zero-order valence-corrected chi connectivity index (χ0v) is 18.5. The molecule has 2 rings (SSSR count). The number of nitrogens with two attached hydrogens (primary N) is 1. The standard InChI is InChI=1S/C18H17Cl2N3O7S/c1-9(16(24)22-18(21)26)30-17(25)10-3-6-14(29-2)15(7-10)31(27,28)23-13-8-11(19)4-5-12(13)20/h3-9,23H,1-2H3,(H3,21,22,24,26)/t9-/m0/s1. The summed E-state index contributed by atoms with van der Waals surface area (Å²) in [6.45, 7) is 1.21. The lowest BCUT2D eigenvalue weighted by Crippen LogP contribution is -2.42. The lowest BCUT2D eigenvalue weighted by atomic mass is 10.2. The molecule has 0 bridgehead atoms. The molecular formula is C18H17Cl2N3O7S. The largest absolute Gasteiger partial charge is 0.495 e. The third-order valence-corrected chi connectivity index (χ3v) is 5.71. The van der Waals surface area contributed by atoms with E-state index in [1.165, 1.54) is 44.4 Å². The van der Waals surface area contributed by atoms with Gasteiger partial charge in [0, 0.05) is 5.02 Å².